The minimum absolute atomic E-state index is 0.188. The number of benzene rings is 3. The van der Waals surface area contributed by atoms with Gasteiger partial charge in [-0.05, 0) is 59.7 Å². The lowest BCUT2D eigenvalue weighted by molar-refractivity contribution is -0.145. The van der Waals surface area contributed by atoms with E-state index in [1.54, 1.807) is 36.4 Å². The van der Waals surface area contributed by atoms with Gasteiger partial charge in [0.2, 0.25) is 13.6 Å². The first-order chi connectivity index (χ1) is 19.0. The highest BCUT2D eigenvalue weighted by molar-refractivity contribution is 5.89. The highest BCUT2D eigenvalue weighted by Gasteiger charge is 2.08. The van der Waals surface area contributed by atoms with Gasteiger partial charge in [0.1, 0.15) is 23.9 Å². The summed E-state index contributed by atoms with van der Waals surface area (Å²) in [4.78, 5) is 34.3. The Labute approximate surface area is 226 Å². The minimum atomic E-state index is -0.585. The van der Waals surface area contributed by atoms with Crippen LogP contribution in [-0.2, 0) is 36.8 Å². The first kappa shape index (κ1) is 28.5. The lowest BCUT2D eigenvalue weighted by atomic mass is 10.1. The molecular weight excluding hydrogens is 504 g/mol. The van der Waals surface area contributed by atoms with Crippen LogP contribution in [0.25, 0.3) is 0 Å². The summed E-state index contributed by atoms with van der Waals surface area (Å²) in [6.07, 6.45) is 2.66. The van der Waals surface area contributed by atoms with Gasteiger partial charge >= 0.3 is 17.9 Å². The SMILES string of the molecule is C=CC(=O)OCOc1ccc(COc2ccc(CCOC(=O)c3ccc(OCOC(=O)C=C)cc3)cc2)cc1. The molecule has 3 rings (SSSR count). The second-order valence-corrected chi connectivity index (χ2v) is 7.85. The third-order valence-corrected chi connectivity index (χ3v) is 5.15. The maximum absolute atomic E-state index is 12.3. The van der Waals surface area contributed by atoms with Crippen LogP contribution in [0.2, 0.25) is 0 Å². The number of esters is 3. The standard InChI is InChI=1S/C30H28O9/c1-3-28(31)38-20-36-26-13-7-23(8-14-26)19-35-25-11-5-22(6-12-25)17-18-34-30(33)24-9-15-27(16-10-24)37-21-39-29(32)4-2/h3-16H,1-2,17-21H2. The predicted molar refractivity (Wildman–Crippen MR) is 141 cm³/mol. The molecule has 3 aromatic carbocycles. The molecule has 9 nitrogen and oxygen atoms in total. The van der Waals surface area contributed by atoms with E-state index in [0.717, 1.165) is 23.3 Å². The summed E-state index contributed by atoms with van der Waals surface area (Å²) < 4.78 is 31.3. The van der Waals surface area contributed by atoms with Gasteiger partial charge in [0.05, 0.1) is 12.2 Å². The minimum Gasteiger partial charge on any atom is -0.489 e. The molecule has 3 aromatic rings. The molecule has 0 unspecified atom stereocenters. The van der Waals surface area contributed by atoms with E-state index in [0.29, 0.717) is 35.8 Å². The maximum Gasteiger partial charge on any atom is 0.338 e. The second-order valence-electron chi connectivity index (χ2n) is 7.85. The molecule has 0 bridgehead atoms. The van der Waals surface area contributed by atoms with Crippen LogP contribution in [0.15, 0.2) is 98.1 Å². The number of hydrogen-bond donors (Lipinski definition) is 0. The van der Waals surface area contributed by atoms with Crippen molar-refractivity contribution in [1.29, 1.82) is 0 Å². The van der Waals surface area contributed by atoms with E-state index in [9.17, 15) is 14.4 Å². The van der Waals surface area contributed by atoms with E-state index in [1.807, 2.05) is 36.4 Å². The average Bonchev–Trinajstić information content (AvgIpc) is 2.97. The van der Waals surface area contributed by atoms with Crippen molar-refractivity contribution in [3.8, 4) is 17.2 Å². The van der Waals surface area contributed by atoms with Crippen molar-refractivity contribution in [3.05, 3.63) is 115 Å². The van der Waals surface area contributed by atoms with Crippen molar-refractivity contribution in [3.63, 3.8) is 0 Å². The Kier molecular flexibility index (Phi) is 11.2. The van der Waals surface area contributed by atoms with Gasteiger partial charge in [0.25, 0.3) is 0 Å². The monoisotopic (exact) mass is 532 g/mol. The fraction of sp³-hybridized carbons (Fsp3) is 0.167. The van der Waals surface area contributed by atoms with E-state index < -0.39 is 17.9 Å². The molecule has 0 saturated heterocycles. The van der Waals surface area contributed by atoms with Crippen molar-refractivity contribution in [1.82, 2.24) is 0 Å². The van der Waals surface area contributed by atoms with E-state index >= 15 is 0 Å². The Morgan fingerprint density at radius 1 is 0.590 bits per heavy atom. The number of ether oxygens (including phenoxy) is 6. The van der Waals surface area contributed by atoms with Crippen LogP contribution in [0, 0.1) is 0 Å². The van der Waals surface area contributed by atoms with Gasteiger partial charge in [-0.25, -0.2) is 14.4 Å². The molecule has 0 saturated carbocycles. The lowest BCUT2D eigenvalue weighted by Crippen LogP contribution is -2.09. The number of carbonyl (C=O) groups is 3. The van der Waals surface area contributed by atoms with Crippen LogP contribution in [0.3, 0.4) is 0 Å². The highest BCUT2D eigenvalue weighted by Crippen LogP contribution is 2.18. The van der Waals surface area contributed by atoms with E-state index in [4.69, 9.17) is 28.4 Å². The molecule has 0 amide bonds. The summed E-state index contributed by atoms with van der Waals surface area (Å²) in [5.41, 5.74) is 2.31. The van der Waals surface area contributed by atoms with Crippen LogP contribution in [-0.4, -0.2) is 38.1 Å². The predicted octanol–water partition coefficient (Wildman–Crippen LogP) is 4.80. The Morgan fingerprint density at radius 3 is 1.56 bits per heavy atom. The molecule has 0 radical (unpaired) electrons. The van der Waals surface area contributed by atoms with Gasteiger partial charge in [0, 0.05) is 18.6 Å². The molecule has 9 heteroatoms. The molecule has 0 N–H and O–H groups in total. The molecule has 0 fully saturated rings. The summed E-state index contributed by atoms with van der Waals surface area (Å²) in [5, 5.41) is 0. The second kappa shape index (κ2) is 15.3. The Hall–Kier alpha value is -5.05. The van der Waals surface area contributed by atoms with Gasteiger partial charge in [-0.2, -0.15) is 0 Å². The quantitative estimate of drug-likeness (QED) is 0.118. The molecular formula is C30H28O9. The number of rotatable bonds is 15. The lowest BCUT2D eigenvalue weighted by Gasteiger charge is -2.10. The molecule has 0 spiro atoms. The highest BCUT2D eigenvalue weighted by atomic mass is 16.7. The van der Waals surface area contributed by atoms with E-state index in [1.165, 1.54) is 0 Å². The Balaban J connectivity index is 1.35. The molecule has 0 aliphatic rings. The van der Waals surface area contributed by atoms with Gasteiger partial charge in [-0.15, -0.1) is 0 Å². The topological polar surface area (TPSA) is 107 Å². The Bertz CT molecular complexity index is 1250. The summed E-state index contributed by atoms with van der Waals surface area (Å²) in [7, 11) is 0. The summed E-state index contributed by atoms with van der Waals surface area (Å²) in [5.74, 6) is 0.130. The fourth-order valence-corrected chi connectivity index (χ4v) is 3.06. The molecule has 0 atom stereocenters. The first-order valence-electron chi connectivity index (χ1n) is 11.9. The normalized spacial score (nSPS) is 10.1. The molecule has 39 heavy (non-hydrogen) atoms. The summed E-state index contributed by atoms with van der Waals surface area (Å²) >= 11 is 0. The Morgan fingerprint density at radius 2 is 1.05 bits per heavy atom. The third kappa shape index (κ3) is 10.1. The van der Waals surface area contributed by atoms with Crippen molar-refractivity contribution in [2.45, 2.75) is 13.0 Å². The van der Waals surface area contributed by atoms with Gasteiger partial charge in [-0.1, -0.05) is 37.4 Å². The van der Waals surface area contributed by atoms with Gasteiger partial charge in [-0.3, -0.25) is 0 Å². The molecule has 202 valence electrons. The van der Waals surface area contributed by atoms with E-state index in [2.05, 4.69) is 13.2 Å². The van der Waals surface area contributed by atoms with Crippen molar-refractivity contribution in [2.24, 2.45) is 0 Å². The molecule has 0 heterocycles. The van der Waals surface area contributed by atoms with Crippen LogP contribution < -0.4 is 14.2 Å². The largest absolute Gasteiger partial charge is 0.489 e. The van der Waals surface area contributed by atoms with Crippen LogP contribution in [0.1, 0.15) is 21.5 Å². The van der Waals surface area contributed by atoms with Gasteiger partial charge < -0.3 is 28.4 Å². The van der Waals surface area contributed by atoms with Crippen molar-refractivity contribution in [2.75, 3.05) is 20.2 Å². The van der Waals surface area contributed by atoms with Crippen molar-refractivity contribution >= 4 is 17.9 Å². The van der Waals surface area contributed by atoms with Crippen LogP contribution >= 0.6 is 0 Å². The van der Waals surface area contributed by atoms with Crippen molar-refractivity contribution < 1.29 is 42.8 Å². The summed E-state index contributed by atoms with van der Waals surface area (Å²) in [6.45, 7) is 6.76. The third-order valence-electron chi connectivity index (χ3n) is 5.15. The van der Waals surface area contributed by atoms with Crippen LogP contribution in [0.5, 0.6) is 17.2 Å². The zero-order valence-corrected chi connectivity index (χ0v) is 21.2. The number of carbonyl (C=O) groups excluding carboxylic acids is 3. The summed E-state index contributed by atoms with van der Waals surface area (Å²) in [6, 6.07) is 21.1. The smallest absolute Gasteiger partial charge is 0.338 e. The first-order valence-corrected chi connectivity index (χ1v) is 11.9. The molecule has 0 aromatic heterocycles. The van der Waals surface area contributed by atoms with Gasteiger partial charge in [0.15, 0.2) is 0 Å². The zero-order valence-electron chi connectivity index (χ0n) is 21.2. The zero-order chi connectivity index (χ0) is 27.9. The average molecular weight is 533 g/mol. The number of hydrogen-bond acceptors (Lipinski definition) is 9. The van der Waals surface area contributed by atoms with E-state index in [-0.39, 0.29) is 20.2 Å². The molecule has 0 aliphatic heterocycles. The van der Waals surface area contributed by atoms with Crippen LogP contribution in [0.4, 0.5) is 0 Å². The molecule has 0 aliphatic carbocycles. The maximum atomic E-state index is 12.3. The fourth-order valence-electron chi connectivity index (χ4n) is 3.06.